The van der Waals surface area contributed by atoms with Crippen molar-refractivity contribution in [1.29, 1.82) is 0 Å². The fourth-order valence-corrected chi connectivity index (χ4v) is 9.96. The van der Waals surface area contributed by atoms with Gasteiger partial charge in [0.05, 0.1) is 25.7 Å². The van der Waals surface area contributed by atoms with Gasteiger partial charge in [-0.05, 0) is 79.6 Å². The van der Waals surface area contributed by atoms with Crippen molar-refractivity contribution >= 4 is 50.0 Å². The summed E-state index contributed by atoms with van der Waals surface area (Å²) in [7, 11) is -4.39. The summed E-state index contributed by atoms with van der Waals surface area (Å²) in [5.41, 5.74) is -0.375. The Hall–Kier alpha value is -3.85. The second kappa shape index (κ2) is 13.9. The topological polar surface area (TPSA) is 94.4 Å². The number of carbonyl (C=O) groups is 1. The molecule has 6 rings (SSSR count). The van der Waals surface area contributed by atoms with Crippen LogP contribution in [0.25, 0.3) is 11.0 Å². The molecule has 3 aromatic carbocycles. The Bertz CT molecular complexity index is 2200. The molecule has 5 aromatic rings. The molecule has 2 aromatic heterocycles. The highest BCUT2D eigenvalue weighted by molar-refractivity contribution is 7.89. The smallest absolute Gasteiger partial charge is 0.416 e. The number of carbonyl (C=O) groups excluding carboxylic acids is 1. The standard InChI is InChI=1S/C36H35ClF4N4O4S2/c1-5-45-27-14-13-26(31(38)32(27)42-43-45)30(35(3,4)34(46)49-20-22-9-7-6-8-10-22)28-16-24(33(37)50-28)19-44-18-21(2)15-23-11-12-25(36(39,40)41)17-29(23)51(44,47)48/h6-14,16-17,21,30H,5,15,18-20H2,1-4H3/t21-,30-/m0/s1. The van der Waals surface area contributed by atoms with Crippen LogP contribution in [-0.4, -0.2) is 40.2 Å². The lowest BCUT2D eigenvalue weighted by atomic mass is 9.73. The summed E-state index contributed by atoms with van der Waals surface area (Å²) < 4.78 is 93.9. The van der Waals surface area contributed by atoms with Gasteiger partial charge in [0.2, 0.25) is 10.0 Å². The molecule has 2 atom stereocenters. The number of alkyl halides is 3. The third-order valence-corrected chi connectivity index (χ3v) is 12.6. The number of hydrogen-bond acceptors (Lipinski definition) is 7. The van der Waals surface area contributed by atoms with Gasteiger partial charge in [0, 0.05) is 30.4 Å². The van der Waals surface area contributed by atoms with E-state index in [0.717, 1.165) is 27.3 Å². The van der Waals surface area contributed by atoms with Crippen LogP contribution in [0, 0.1) is 17.2 Å². The highest BCUT2D eigenvalue weighted by Gasteiger charge is 2.44. The number of hydrogen-bond donors (Lipinski definition) is 0. The molecule has 0 amide bonds. The average Bonchev–Trinajstić information content (AvgIpc) is 3.64. The molecule has 1 aliphatic heterocycles. The second-order valence-corrected chi connectivity index (χ2v) is 16.9. The first-order valence-electron chi connectivity index (χ1n) is 16.2. The first-order valence-corrected chi connectivity index (χ1v) is 18.9. The number of halogens is 5. The number of aromatic nitrogens is 3. The van der Waals surface area contributed by atoms with Gasteiger partial charge in [0.1, 0.15) is 12.1 Å². The van der Waals surface area contributed by atoms with Crippen LogP contribution in [0.15, 0.2) is 71.6 Å². The lowest BCUT2D eigenvalue weighted by Gasteiger charge is -2.32. The molecule has 0 saturated heterocycles. The van der Waals surface area contributed by atoms with Crippen LogP contribution >= 0.6 is 22.9 Å². The monoisotopic (exact) mass is 762 g/mol. The van der Waals surface area contributed by atoms with Crippen molar-refractivity contribution < 1.29 is 35.5 Å². The Morgan fingerprint density at radius 1 is 1.10 bits per heavy atom. The van der Waals surface area contributed by atoms with Gasteiger partial charge < -0.3 is 4.74 Å². The third kappa shape index (κ3) is 7.15. The number of benzene rings is 3. The highest BCUT2D eigenvalue weighted by atomic mass is 35.5. The van der Waals surface area contributed by atoms with Crippen LogP contribution in [0.1, 0.15) is 66.3 Å². The molecular weight excluding hydrogens is 728 g/mol. The zero-order chi connectivity index (χ0) is 36.9. The zero-order valence-corrected chi connectivity index (χ0v) is 30.6. The summed E-state index contributed by atoms with van der Waals surface area (Å²) >= 11 is 7.86. The van der Waals surface area contributed by atoms with Crippen LogP contribution in [0.5, 0.6) is 0 Å². The van der Waals surface area contributed by atoms with Crippen molar-refractivity contribution in [1.82, 2.24) is 19.3 Å². The lowest BCUT2D eigenvalue weighted by molar-refractivity contribution is -0.156. The molecule has 0 fully saturated rings. The minimum Gasteiger partial charge on any atom is -0.460 e. The third-order valence-electron chi connectivity index (χ3n) is 9.23. The summed E-state index contributed by atoms with van der Waals surface area (Å²) in [6.07, 6.45) is -4.47. The SMILES string of the molecule is CCn1nnc2c(F)c([C@@H](c3cc(CN4C[C@@H](C)Cc5ccc(C(F)(F)F)cc5S4(=O)=O)c(Cl)s3)C(C)(C)C(=O)OCc3ccccc3)ccc21. The summed E-state index contributed by atoms with van der Waals surface area (Å²) in [5, 5.41) is 8.10. The molecule has 0 bridgehead atoms. The molecule has 0 N–H and O–H groups in total. The average molecular weight is 763 g/mol. The molecule has 3 heterocycles. The number of fused-ring (bicyclic) bond motifs is 2. The molecule has 0 spiro atoms. The van der Waals surface area contributed by atoms with Gasteiger partial charge in [-0.3, -0.25) is 4.79 Å². The molecule has 0 radical (unpaired) electrons. The summed E-state index contributed by atoms with van der Waals surface area (Å²) in [6.45, 7) is 7.17. The molecule has 0 aliphatic carbocycles. The molecule has 8 nitrogen and oxygen atoms in total. The highest BCUT2D eigenvalue weighted by Crippen LogP contribution is 2.48. The number of ether oxygens (including phenoxy) is 1. The van der Waals surface area contributed by atoms with Crippen molar-refractivity contribution in [3.63, 3.8) is 0 Å². The van der Waals surface area contributed by atoms with Crippen molar-refractivity contribution in [3.05, 3.63) is 110 Å². The van der Waals surface area contributed by atoms with Crippen LogP contribution in [-0.2, 0) is 51.8 Å². The maximum Gasteiger partial charge on any atom is 0.416 e. The predicted molar refractivity (Wildman–Crippen MR) is 186 cm³/mol. The van der Waals surface area contributed by atoms with Crippen LogP contribution in [0.2, 0.25) is 4.34 Å². The molecule has 0 saturated carbocycles. The van der Waals surface area contributed by atoms with E-state index in [1.54, 1.807) is 36.7 Å². The molecular formula is C36H35ClF4N4O4S2. The molecule has 1 aliphatic rings. The lowest BCUT2D eigenvalue weighted by Crippen LogP contribution is -2.34. The van der Waals surface area contributed by atoms with Gasteiger partial charge in [-0.25, -0.2) is 17.5 Å². The van der Waals surface area contributed by atoms with E-state index in [0.29, 0.717) is 34.1 Å². The van der Waals surface area contributed by atoms with Crippen LogP contribution in [0.4, 0.5) is 17.6 Å². The number of aryl methyl sites for hydroxylation is 1. The van der Waals surface area contributed by atoms with E-state index in [4.69, 9.17) is 16.3 Å². The van der Waals surface area contributed by atoms with Gasteiger partial charge >= 0.3 is 12.1 Å². The van der Waals surface area contributed by atoms with Gasteiger partial charge in [0.15, 0.2) is 5.82 Å². The minimum absolute atomic E-state index is 0.0128. The summed E-state index contributed by atoms with van der Waals surface area (Å²) in [5.74, 6) is -2.48. The van der Waals surface area contributed by atoms with Crippen molar-refractivity contribution in [3.8, 4) is 0 Å². The summed E-state index contributed by atoms with van der Waals surface area (Å²) in [6, 6.07) is 16.8. The number of esters is 1. The fraction of sp³-hybridized carbons (Fsp3) is 0.361. The maximum atomic E-state index is 16.5. The van der Waals surface area contributed by atoms with E-state index in [1.807, 2.05) is 44.2 Å². The normalized spacial score (nSPS) is 17.2. The Morgan fingerprint density at radius 3 is 2.51 bits per heavy atom. The Kier molecular flexibility index (Phi) is 10.1. The van der Waals surface area contributed by atoms with Gasteiger partial charge in [-0.2, -0.15) is 17.5 Å². The Morgan fingerprint density at radius 2 is 1.82 bits per heavy atom. The van der Waals surface area contributed by atoms with E-state index in [9.17, 15) is 26.4 Å². The first kappa shape index (κ1) is 36.9. The van der Waals surface area contributed by atoms with E-state index >= 15 is 4.39 Å². The maximum absolute atomic E-state index is 16.5. The Labute approximate surface area is 302 Å². The van der Waals surface area contributed by atoms with Gasteiger partial charge in [-0.15, -0.1) is 16.4 Å². The van der Waals surface area contributed by atoms with E-state index in [1.165, 1.54) is 6.07 Å². The molecule has 15 heteroatoms. The van der Waals surface area contributed by atoms with E-state index in [-0.39, 0.29) is 47.5 Å². The number of sulfonamides is 1. The minimum atomic E-state index is -4.73. The number of nitrogens with zero attached hydrogens (tertiary/aromatic N) is 4. The zero-order valence-electron chi connectivity index (χ0n) is 28.2. The van der Waals surface area contributed by atoms with Crippen LogP contribution < -0.4 is 0 Å². The summed E-state index contributed by atoms with van der Waals surface area (Å²) in [4.78, 5) is 13.9. The van der Waals surface area contributed by atoms with Gasteiger partial charge in [-0.1, -0.05) is 66.2 Å². The molecule has 0 unspecified atom stereocenters. The molecule has 270 valence electrons. The van der Waals surface area contributed by atoms with E-state index < -0.39 is 49.8 Å². The quantitative estimate of drug-likeness (QED) is 0.110. The van der Waals surface area contributed by atoms with Crippen molar-refractivity contribution in [2.75, 3.05) is 6.54 Å². The second-order valence-electron chi connectivity index (χ2n) is 13.3. The van der Waals surface area contributed by atoms with Crippen molar-refractivity contribution in [2.45, 2.75) is 70.8 Å². The number of thiophene rings is 1. The van der Waals surface area contributed by atoms with Gasteiger partial charge in [0.25, 0.3) is 0 Å². The largest absolute Gasteiger partial charge is 0.460 e. The predicted octanol–water partition coefficient (Wildman–Crippen LogP) is 8.61. The van der Waals surface area contributed by atoms with Crippen molar-refractivity contribution in [2.24, 2.45) is 11.3 Å². The fourth-order valence-electron chi connectivity index (χ4n) is 6.58. The molecule has 51 heavy (non-hydrogen) atoms. The van der Waals surface area contributed by atoms with Crippen LogP contribution in [0.3, 0.4) is 0 Å². The van der Waals surface area contributed by atoms with E-state index in [2.05, 4.69) is 10.3 Å². The first-order chi connectivity index (χ1) is 24.0. The Balaban J connectivity index is 1.41. The number of rotatable bonds is 9.